The van der Waals surface area contributed by atoms with Gasteiger partial charge in [0.1, 0.15) is 28.2 Å². The van der Waals surface area contributed by atoms with E-state index >= 15 is 0 Å². The summed E-state index contributed by atoms with van der Waals surface area (Å²) in [4.78, 5) is 4.55. The summed E-state index contributed by atoms with van der Waals surface area (Å²) in [5, 5.41) is 15.0. The zero-order valence-corrected chi connectivity index (χ0v) is 21.9. The van der Waals surface area contributed by atoms with Crippen LogP contribution in [0.25, 0.3) is 65.8 Å². The van der Waals surface area contributed by atoms with Gasteiger partial charge in [-0.15, -0.1) is 0 Å². The SMILES string of the molecule is N=C(N=C(N)c1ccc(-c2ccc3ccccc3c2)c2oc3ccccc3c12)c1ccc2c(c1)oc1ccccc12. The van der Waals surface area contributed by atoms with Crippen LogP contribution in [0.15, 0.2) is 135 Å². The summed E-state index contributed by atoms with van der Waals surface area (Å²) in [6.07, 6.45) is 0. The van der Waals surface area contributed by atoms with Gasteiger partial charge in [-0.05, 0) is 58.8 Å². The molecule has 2 heterocycles. The second kappa shape index (κ2) is 8.93. The van der Waals surface area contributed by atoms with Gasteiger partial charge in [0.05, 0.1) is 0 Å². The molecule has 194 valence electrons. The van der Waals surface area contributed by atoms with E-state index in [1.807, 2.05) is 91.0 Å². The molecule has 0 spiro atoms. The van der Waals surface area contributed by atoms with E-state index in [9.17, 15) is 0 Å². The number of benzene rings is 6. The lowest BCUT2D eigenvalue weighted by molar-refractivity contribution is 0.668. The van der Waals surface area contributed by atoms with Crippen LogP contribution >= 0.6 is 0 Å². The maximum absolute atomic E-state index is 8.77. The molecule has 5 nitrogen and oxygen atoms in total. The molecule has 0 fully saturated rings. The Morgan fingerprint density at radius 1 is 0.610 bits per heavy atom. The van der Waals surface area contributed by atoms with E-state index in [4.69, 9.17) is 20.0 Å². The summed E-state index contributed by atoms with van der Waals surface area (Å²) in [5.41, 5.74) is 13.1. The van der Waals surface area contributed by atoms with Crippen LogP contribution in [-0.2, 0) is 0 Å². The largest absolute Gasteiger partial charge is 0.456 e. The lowest BCUT2D eigenvalue weighted by Crippen LogP contribution is -2.16. The molecule has 8 rings (SSSR count). The van der Waals surface area contributed by atoms with E-state index < -0.39 is 0 Å². The van der Waals surface area contributed by atoms with Crippen LogP contribution in [0.4, 0.5) is 0 Å². The van der Waals surface area contributed by atoms with Crippen LogP contribution in [-0.4, -0.2) is 11.7 Å². The molecule has 0 aliphatic rings. The molecule has 0 aliphatic carbocycles. The summed E-state index contributed by atoms with van der Waals surface area (Å²) in [5.74, 6) is 0.311. The molecular weight excluding hydrogens is 506 g/mol. The average Bonchev–Trinajstić information content (AvgIpc) is 3.59. The lowest BCUT2D eigenvalue weighted by atomic mass is 9.96. The van der Waals surface area contributed by atoms with Gasteiger partial charge in [0.25, 0.3) is 0 Å². The van der Waals surface area contributed by atoms with Gasteiger partial charge >= 0.3 is 0 Å². The summed E-state index contributed by atoms with van der Waals surface area (Å²) in [6, 6.07) is 40.3. The van der Waals surface area contributed by atoms with E-state index in [1.54, 1.807) is 0 Å². The number of nitrogens with zero attached hydrogens (tertiary/aromatic N) is 1. The van der Waals surface area contributed by atoms with E-state index in [0.717, 1.165) is 60.4 Å². The molecule has 0 atom stereocenters. The predicted octanol–water partition coefficient (Wildman–Crippen LogP) is 9.04. The fourth-order valence-corrected chi connectivity index (χ4v) is 5.74. The highest BCUT2D eigenvalue weighted by molar-refractivity contribution is 6.22. The van der Waals surface area contributed by atoms with Gasteiger partial charge in [-0.25, -0.2) is 4.99 Å². The van der Waals surface area contributed by atoms with Crippen molar-refractivity contribution in [1.82, 2.24) is 0 Å². The number of hydrogen-bond acceptors (Lipinski definition) is 3. The van der Waals surface area contributed by atoms with E-state index in [1.165, 1.54) is 5.39 Å². The third-order valence-electron chi connectivity index (χ3n) is 7.75. The average molecular weight is 530 g/mol. The van der Waals surface area contributed by atoms with Crippen LogP contribution in [0.3, 0.4) is 0 Å². The minimum absolute atomic E-state index is 0.0596. The highest BCUT2D eigenvalue weighted by Gasteiger charge is 2.19. The van der Waals surface area contributed by atoms with Crippen molar-refractivity contribution in [1.29, 1.82) is 5.41 Å². The van der Waals surface area contributed by atoms with Crippen LogP contribution < -0.4 is 5.73 Å². The Labute approximate surface area is 234 Å². The number of furan rings is 2. The molecule has 41 heavy (non-hydrogen) atoms. The summed E-state index contributed by atoms with van der Waals surface area (Å²) < 4.78 is 12.5. The Bertz CT molecular complexity index is 2360. The number of nitrogens with two attached hydrogens (primary N) is 1. The van der Waals surface area contributed by atoms with Gasteiger partial charge in [0, 0.05) is 38.2 Å². The highest BCUT2D eigenvalue weighted by atomic mass is 16.3. The van der Waals surface area contributed by atoms with Gasteiger partial charge in [-0.1, -0.05) is 78.9 Å². The molecule has 0 saturated heterocycles. The number of rotatable bonds is 3. The molecule has 0 bridgehead atoms. The quantitative estimate of drug-likeness (QED) is 0.177. The Balaban J connectivity index is 1.26. The van der Waals surface area contributed by atoms with Crippen molar-refractivity contribution >= 4 is 66.3 Å². The van der Waals surface area contributed by atoms with Crippen LogP contribution in [0.1, 0.15) is 11.1 Å². The van der Waals surface area contributed by atoms with Crippen LogP contribution in [0.5, 0.6) is 0 Å². The van der Waals surface area contributed by atoms with E-state index in [-0.39, 0.29) is 11.7 Å². The first kappa shape index (κ1) is 23.2. The van der Waals surface area contributed by atoms with Crippen molar-refractivity contribution in [3.8, 4) is 11.1 Å². The minimum atomic E-state index is 0.0596. The van der Waals surface area contributed by atoms with Gasteiger partial charge in [-0.2, -0.15) is 0 Å². The third kappa shape index (κ3) is 3.71. The first-order chi connectivity index (χ1) is 20.1. The number of aliphatic imine (C=N–C) groups is 1. The molecule has 0 unspecified atom stereocenters. The second-order valence-electron chi connectivity index (χ2n) is 10.2. The van der Waals surface area contributed by atoms with Gasteiger partial charge in [0.15, 0.2) is 5.84 Å². The molecule has 6 aromatic carbocycles. The Hall–Kier alpha value is -5.68. The maximum atomic E-state index is 8.77. The fourth-order valence-electron chi connectivity index (χ4n) is 5.74. The summed E-state index contributed by atoms with van der Waals surface area (Å²) in [7, 11) is 0. The van der Waals surface area contributed by atoms with Crippen molar-refractivity contribution in [3.63, 3.8) is 0 Å². The topological polar surface area (TPSA) is 88.5 Å². The van der Waals surface area contributed by atoms with Crippen molar-refractivity contribution in [2.45, 2.75) is 0 Å². The van der Waals surface area contributed by atoms with E-state index in [0.29, 0.717) is 11.1 Å². The zero-order chi connectivity index (χ0) is 27.5. The smallest absolute Gasteiger partial charge is 0.154 e. The van der Waals surface area contributed by atoms with Gasteiger partial charge < -0.3 is 14.6 Å². The first-order valence-electron chi connectivity index (χ1n) is 13.4. The third-order valence-corrected chi connectivity index (χ3v) is 7.75. The van der Waals surface area contributed by atoms with Crippen molar-refractivity contribution in [3.05, 3.63) is 132 Å². The van der Waals surface area contributed by atoms with E-state index in [2.05, 4.69) is 35.3 Å². The molecule has 5 heteroatoms. The van der Waals surface area contributed by atoms with Crippen molar-refractivity contribution in [2.24, 2.45) is 10.7 Å². The summed E-state index contributed by atoms with van der Waals surface area (Å²) in [6.45, 7) is 0. The number of amidine groups is 2. The molecular formula is C36H23N3O2. The molecule has 0 radical (unpaired) electrons. The molecule has 0 amide bonds. The standard InChI is InChI=1S/C36H23N3O2/c37-35(24-15-16-27-26-9-3-5-11-30(26)40-32(27)20-24)39-36(38)29-18-17-25(23-14-13-21-7-1-2-8-22(21)19-23)34-33(29)28-10-4-6-12-31(28)41-34/h1-20H,(H3,37,38,39). The molecule has 0 saturated carbocycles. The van der Waals surface area contributed by atoms with Gasteiger partial charge in [-0.3, -0.25) is 5.41 Å². The molecule has 2 aromatic heterocycles. The Kier molecular flexibility index (Phi) is 5.06. The molecule has 0 aliphatic heterocycles. The maximum Gasteiger partial charge on any atom is 0.154 e. The predicted molar refractivity (Wildman–Crippen MR) is 168 cm³/mol. The zero-order valence-electron chi connectivity index (χ0n) is 21.9. The number of fused-ring (bicyclic) bond motifs is 7. The monoisotopic (exact) mass is 529 g/mol. The fraction of sp³-hybridized carbons (Fsp3) is 0. The first-order valence-corrected chi connectivity index (χ1v) is 13.4. The van der Waals surface area contributed by atoms with Gasteiger partial charge in [0.2, 0.25) is 0 Å². The number of para-hydroxylation sites is 2. The Morgan fingerprint density at radius 2 is 1.32 bits per heavy atom. The normalized spacial score (nSPS) is 12.2. The van der Waals surface area contributed by atoms with Crippen molar-refractivity contribution < 1.29 is 8.83 Å². The van der Waals surface area contributed by atoms with Crippen LogP contribution in [0, 0.1) is 5.41 Å². The Morgan fingerprint density at radius 3 is 2.17 bits per heavy atom. The minimum Gasteiger partial charge on any atom is -0.456 e. The number of nitrogens with one attached hydrogen (secondary N) is 1. The second-order valence-corrected chi connectivity index (χ2v) is 10.2. The van der Waals surface area contributed by atoms with Crippen LogP contribution in [0.2, 0.25) is 0 Å². The highest BCUT2D eigenvalue weighted by Crippen LogP contribution is 2.39. The number of hydrogen-bond donors (Lipinski definition) is 2. The molecule has 3 N–H and O–H groups in total. The van der Waals surface area contributed by atoms with Crippen molar-refractivity contribution in [2.75, 3.05) is 0 Å². The summed E-state index contributed by atoms with van der Waals surface area (Å²) >= 11 is 0. The molecule has 8 aromatic rings. The lowest BCUT2D eigenvalue weighted by Gasteiger charge is -2.09.